The van der Waals surface area contributed by atoms with Gasteiger partial charge in [0.25, 0.3) is 0 Å². The highest BCUT2D eigenvalue weighted by atomic mass is 16.5. The number of aliphatic hydroxyl groups excluding tert-OH is 1. The highest BCUT2D eigenvalue weighted by Gasteiger charge is 2.37. The summed E-state index contributed by atoms with van der Waals surface area (Å²) < 4.78 is 4.81. The van der Waals surface area contributed by atoms with Crippen LogP contribution in [0.4, 0.5) is 4.79 Å². The molecule has 0 saturated carbocycles. The molecule has 5 nitrogen and oxygen atoms in total. The second kappa shape index (κ2) is 4.46. The summed E-state index contributed by atoms with van der Waals surface area (Å²) in [7, 11) is 1.38. The molecule has 0 aliphatic carbocycles. The molecule has 6 heteroatoms. The summed E-state index contributed by atoms with van der Waals surface area (Å²) in [5, 5.41) is 9.33. The summed E-state index contributed by atoms with van der Waals surface area (Å²) in [5.74, 6) is -0.640. The van der Waals surface area contributed by atoms with Gasteiger partial charge >= 0.3 is 5.97 Å². The third kappa shape index (κ3) is 2.26. The lowest BCUT2D eigenvalue weighted by molar-refractivity contribution is -0.147. The number of rotatable bonds is 2. The lowest BCUT2D eigenvalue weighted by atomic mass is 10.1. The van der Waals surface area contributed by atoms with Crippen molar-refractivity contribution in [3.8, 4) is 0 Å². The molecule has 0 aromatic rings. The summed E-state index contributed by atoms with van der Waals surface area (Å²) >= 11 is 0. The number of nitrogens with zero attached hydrogens (tertiary/aromatic N) is 1. The average Bonchev–Trinajstić information content (AvgIpc) is 2.48. The summed E-state index contributed by atoms with van der Waals surface area (Å²) in [6, 6.07) is -0.609. The molecule has 1 fully saturated rings. The number of hydrogen-bond acceptors (Lipinski definition) is 4. The molecule has 2 atom stereocenters. The zero-order valence-electron chi connectivity index (χ0n) is 8.40. The number of carbonyl (C=O) groups is 2. The summed E-state index contributed by atoms with van der Waals surface area (Å²) in [4.78, 5) is 23.8. The topological polar surface area (TPSA) is 66.8 Å². The fourth-order valence-electron chi connectivity index (χ4n) is 1.62. The van der Waals surface area contributed by atoms with E-state index in [-0.39, 0.29) is 25.4 Å². The first-order valence-corrected chi connectivity index (χ1v) is 4.68. The highest BCUT2D eigenvalue weighted by molar-refractivity contribution is 6.57. The quantitative estimate of drug-likeness (QED) is 0.445. The monoisotopic (exact) mass is 199 g/mol. The third-order valence-corrected chi connectivity index (χ3v) is 2.24. The molecule has 1 aliphatic rings. The Bertz CT molecular complexity index is 245. The Hall–Kier alpha value is -1.04. The molecule has 1 aliphatic heterocycles. The molecule has 78 valence electrons. The molecule has 0 aromatic heterocycles. The predicted octanol–water partition coefficient (Wildman–Crippen LogP) is -1.26. The van der Waals surface area contributed by atoms with Crippen molar-refractivity contribution in [2.24, 2.45) is 0 Å². The van der Waals surface area contributed by atoms with Crippen molar-refractivity contribution in [3.63, 3.8) is 0 Å². The molecule has 0 radical (unpaired) electrons. The normalized spacial score (nSPS) is 26.3. The van der Waals surface area contributed by atoms with Crippen LogP contribution >= 0.6 is 0 Å². The van der Waals surface area contributed by atoms with Gasteiger partial charge in [0.15, 0.2) is 5.81 Å². The van der Waals surface area contributed by atoms with Gasteiger partial charge < -0.3 is 14.7 Å². The highest BCUT2D eigenvalue weighted by Crippen LogP contribution is 2.18. The molecule has 1 rings (SSSR count). The zero-order chi connectivity index (χ0) is 10.7. The molecular formula is C8H14BNO4. The maximum Gasteiger partial charge on any atom is 0.328 e. The van der Waals surface area contributed by atoms with Gasteiger partial charge in [0.05, 0.1) is 12.7 Å². The minimum Gasteiger partial charge on any atom is -0.464 e. The molecule has 1 saturated heterocycles. The van der Waals surface area contributed by atoms with Crippen LogP contribution in [-0.2, 0) is 9.53 Å². The largest absolute Gasteiger partial charge is 0.464 e. The Labute approximate surface area is 83.4 Å². The maximum absolute atomic E-state index is 11.4. The van der Waals surface area contributed by atoms with Gasteiger partial charge in [0, 0.05) is 13.0 Å². The first kappa shape index (κ1) is 11.0. The van der Waals surface area contributed by atoms with E-state index >= 15 is 0 Å². The van der Waals surface area contributed by atoms with Crippen LogP contribution < -0.4 is 0 Å². The van der Waals surface area contributed by atoms with E-state index in [4.69, 9.17) is 4.74 Å². The van der Waals surface area contributed by atoms with E-state index < -0.39 is 18.1 Å². The third-order valence-electron chi connectivity index (χ3n) is 2.24. The molecule has 0 bridgehead atoms. The molecule has 1 unspecified atom stereocenters. The van der Waals surface area contributed by atoms with Gasteiger partial charge in [-0.2, -0.15) is 0 Å². The molecule has 0 aromatic carbocycles. The van der Waals surface area contributed by atoms with Gasteiger partial charge in [-0.25, -0.2) is 4.79 Å². The van der Waals surface area contributed by atoms with Gasteiger partial charge in [-0.3, -0.25) is 4.79 Å². The van der Waals surface area contributed by atoms with Crippen LogP contribution in [0.2, 0.25) is 0 Å². The second-order valence-electron chi connectivity index (χ2n) is 3.33. The van der Waals surface area contributed by atoms with E-state index in [1.807, 2.05) is 0 Å². The van der Waals surface area contributed by atoms with Crippen molar-refractivity contribution in [2.75, 3.05) is 13.2 Å². The van der Waals surface area contributed by atoms with Crippen LogP contribution in [0.1, 0.15) is 13.3 Å². The first-order chi connectivity index (χ1) is 6.56. The smallest absolute Gasteiger partial charge is 0.328 e. The summed E-state index contributed by atoms with van der Waals surface area (Å²) in [6.07, 6.45) is -0.341. The number of hydrogen-bond donors (Lipinski definition) is 1. The van der Waals surface area contributed by atoms with Crippen molar-refractivity contribution in [1.29, 1.82) is 0 Å². The van der Waals surface area contributed by atoms with Crippen LogP contribution in [0, 0.1) is 0 Å². The van der Waals surface area contributed by atoms with Crippen LogP contribution in [-0.4, -0.2) is 54.9 Å². The second-order valence-corrected chi connectivity index (χ2v) is 3.33. The van der Waals surface area contributed by atoms with Crippen LogP contribution in [0.15, 0.2) is 0 Å². The summed E-state index contributed by atoms with van der Waals surface area (Å²) in [6.45, 7) is 2.22. The molecule has 1 N–H and O–H groups in total. The SMILES string of the molecule is BC(=O)N1C[C@H](O)CC1C(=O)OCC. The number of amides is 1. The number of β-amino-alcohol motifs (C(OH)–C–C–N with tert-alkyl or cyclic N) is 1. The maximum atomic E-state index is 11.4. The zero-order valence-corrected chi connectivity index (χ0v) is 8.40. The van der Waals surface area contributed by atoms with E-state index in [1.165, 1.54) is 12.7 Å². The standard InChI is InChI=1S/C8H14BNO4/c1-2-14-7(12)6-3-5(11)4-10(6)8(9)13/h5-6,11H,2-4,9H2,1H3/t5-,6?/m1/s1. The summed E-state index contributed by atoms with van der Waals surface area (Å²) in [5.41, 5.74) is 0. The van der Waals surface area contributed by atoms with Crippen molar-refractivity contribution in [1.82, 2.24) is 4.90 Å². The van der Waals surface area contributed by atoms with Gasteiger partial charge in [-0.1, -0.05) is 0 Å². The van der Waals surface area contributed by atoms with Crippen molar-refractivity contribution in [2.45, 2.75) is 25.5 Å². The van der Waals surface area contributed by atoms with E-state index in [2.05, 4.69) is 0 Å². The van der Waals surface area contributed by atoms with Gasteiger partial charge in [-0.15, -0.1) is 0 Å². The van der Waals surface area contributed by atoms with Gasteiger partial charge in [-0.05, 0) is 6.92 Å². The van der Waals surface area contributed by atoms with Crippen LogP contribution in [0.25, 0.3) is 0 Å². The van der Waals surface area contributed by atoms with E-state index in [1.54, 1.807) is 6.92 Å². The van der Waals surface area contributed by atoms with E-state index in [9.17, 15) is 14.7 Å². The van der Waals surface area contributed by atoms with Gasteiger partial charge in [0.1, 0.15) is 6.04 Å². The number of likely N-dealkylation sites (tertiary alicyclic amines) is 1. The molecule has 0 spiro atoms. The van der Waals surface area contributed by atoms with Crippen molar-refractivity contribution in [3.05, 3.63) is 0 Å². The average molecular weight is 199 g/mol. The molecule has 1 amide bonds. The van der Waals surface area contributed by atoms with Crippen molar-refractivity contribution >= 4 is 19.6 Å². The van der Waals surface area contributed by atoms with E-state index in [0.717, 1.165) is 0 Å². The molecular weight excluding hydrogens is 185 g/mol. The Kier molecular flexibility index (Phi) is 3.52. The fourth-order valence-corrected chi connectivity index (χ4v) is 1.62. The Morgan fingerprint density at radius 2 is 2.29 bits per heavy atom. The fraction of sp³-hybridized carbons (Fsp3) is 0.750. The minimum absolute atomic E-state index is 0.209. The Morgan fingerprint density at radius 1 is 1.64 bits per heavy atom. The Balaban J connectivity index is 2.66. The lowest BCUT2D eigenvalue weighted by Crippen LogP contribution is -2.40. The molecule has 14 heavy (non-hydrogen) atoms. The predicted molar refractivity (Wildman–Crippen MR) is 51.7 cm³/mol. The van der Waals surface area contributed by atoms with Crippen molar-refractivity contribution < 1.29 is 19.4 Å². The number of carbonyl (C=O) groups excluding carboxylic acids is 2. The number of ether oxygens (including phenoxy) is 1. The lowest BCUT2D eigenvalue weighted by Gasteiger charge is -2.21. The van der Waals surface area contributed by atoms with E-state index in [0.29, 0.717) is 0 Å². The van der Waals surface area contributed by atoms with Gasteiger partial charge in [0.2, 0.25) is 7.85 Å². The number of esters is 1. The van der Waals surface area contributed by atoms with Crippen LogP contribution in [0.5, 0.6) is 0 Å². The van der Waals surface area contributed by atoms with Crippen LogP contribution in [0.3, 0.4) is 0 Å². The molecule has 1 heterocycles. The Morgan fingerprint density at radius 3 is 2.79 bits per heavy atom. The number of aliphatic hydroxyl groups is 1. The first-order valence-electron chi connectivity index (χ1n) is 4.68. The minimum atomic E-state index is -0.617.